The van der Waals surface area contributed by atoms with E-state index in [1.807, 2.05) is 0 Å². The minimum Gasteiger partial charge on any atom is -0.0871 e. The van der Waals surface area contributed by atoms with Gasteiger partial charge in [0.05, 0.1) is 0 Å². The van der Waals surface area contributed by atoms with E-state index < -0.39 is 0 Å². The van der Waals surface area contributed by atoms with Crippen LogP contribution in [0.5, 0.6) is 0 Å². The van der Waals surface area contributed by atoms with Gasteiger partial charge >= 0.3 is 0 Å². The first kappa shape index (κ1) is 9.05. The highest BCUT2D eigenvalue weighted by molar-refractivity contribution is 5.54. The summed E-state index contributed by atoms with van der Waals surface area (Å²) in [7, 11) is 0. The van der Waals surface area contributed by atoms with Gasteiger partial charge in [0.1, 0.15) is 0 Å². The van der Waals surface area contributed by atoms with Gasteiger partial charge in [-0.1, -0.05) is 50.3 Å². The van der Waals surface area contributed by atoms with Crippen molar-refractivity contribution in [3.63, 3.8) is 0 Å². The molecule has 1 aromatic rings. The molecule has 0 unspecified atom stereocenters. The van der Waals surface area contributed by atoms with Gasteiger partial charge < -0.3 is 0 Å². The van der Waals surface area contributed by atoms with Crippen LogP contribution < -0.4 is 0 Å². The molecule has 0 spiro atoms. The third-order valence-electron chi connectivity index (χ3n) is 1.96. The zero-order valence-corrected chi connectivity index (χ0v) is 8.04. The molecule has 0 heteroatoms. The van der Waals surface area contributed by atoms with Crippen LogP contribution in [0.2, 0.25) is 0 Å². The summed E-state index contributed by atoms with van der Waals surface area (Å²) in [6, 6.07) is 8.54. The van der Waals surface area contributed by atoms with Gasteiger partial charge in [-0.25, -0.2) is 0 Å². The summed E-state index contributed by atoms with van der Waals surface area (Å²) in [6.07, 6.45) is 4.25. The smallest absolute Gasteiger partial charge is 0.0213 e. The molecule has 0 saturated carbocycles. The predicted octanol–water partition coefficient (Wildman–Crippen LogP) is 3.84. The maximum absolute atomic E-state index is 2.22. The molecule has 0 fully saturated rings. The fourth-order valence-corrected chi connectivity index (χ4v) is 1.37. The summed E-state index contributed by atoms with van der Waals surface area (Å²) in [6.45, 7) is 6.50. The van der Waals surface area contributed by atoms with Crippen molar-refractivity contribution in [2.45, 2.75) is 26.7 Å². The van der Waals surface area contributed by atoms with Crippen LogP contribution in [0.25, 0.3) is 6.08 Å². The normalized spacial score (nSPS) is 11.3. The van der Waals surface area contributed by atoms with E-state index in [0.29, 0.717) is 5.92 Å². The van der Waals surface area contributed by atoms with Crippen molar-refractivity contribution in [3.05, 3.63) is 41.5 Å². The zero-order chi connectivity index (χ0) is 8.97. The number of hydrogen-bond acceptors (Lipinski definition) is 0. The van der Waals surface area contributed by atoms with Crippen molar-refractivity contribution >= 4 is 6.08 Å². The molecule has 0 nitrogen and oxygen atoms in total. The van der Waals surface area contributed by atoms with Gasteiger partial charge in [0.2, 0.25) is 0 Å². The van der Waals surface area contributed by atoms with Crippen LogP contribution in [0.15, 0.2) is 30.3 Å². The first-order chi connectivity index (χ1) is 5.75. The lowest BCUT2D eigenvalue weighted by molar-refractivity contribution is 0.864. The Bertz CT molecular complexity index is 269. The Morgan fingerprint density at radius 1 is 1.17 bits per heavy atom. The third-order valence-corrected chi connectivity index (χ3v) is 1.96. The van der Waals surface area contributed by atoms with Gasteiger partial charge in [0.25, 0.3) is 0 Å². The third kappa shape index (κ3) is 1.97. The quantitative estimate of drug-likeness (QED) is 0.616. The summed E-state index contributed by atoms with van der Waals surface area (Å²) < 4.78 is 0. The highest BCUT2D eigenvalue weighted by Crippen LogP contribution is 2.19. The summed E-state index contributed by atoms with van der Waals surface area (Å²) >= 11 is 0. The zero-order valence-electron chi connectivity index (χ0n) is 8.04. The molecular formula is C12H16. The second kappa shape index (κ2) is 4.10. The van der Waals surface area contributed by atoms with Crippen molar-refractivity contribution in [2.75, 3.05) is 0 Å². The van der Waals surface area contributed by atoms with E-state index in [-0.39, 0.29) is 0 Å². The van der Waals surface area contributed by atoms with Crippen molar-refractivity contribution < 1.29 is 0 Å². The molecule has 0 aliphatic heterocycles. The molecule has 0 N–H and O–H groups in total. The molecule has 0 bridgehead atoms. The Labute approximate surface area is 74.9 Å². The summed E-state index contributed by atoms with van der Waals surface area (Å²) in [5, 5.41) is 0. The number of benzene rings is 1. The van der Waals surface area contributed by atoms with Crippen molar-refractivity contribution in [2.24, 2.45) is 0 Å². The van der Waals surface area contributed by atoms with E-state index in [0.717, 1.165) is 0 Å². The SMILES string of the molecule is C/C=C/c1ccccc1C(C)C. The van der Waals surface area contributed by atoms with E-state index in [4.69, 9.17) is 0 Å². The van der Waals surface area contributed by atoms with E-state index in [2.05, 4.69) is 57.2 Å². The maximum Gasteiger partial charge on any atom is -0.0213 e. The molecule has 0 radical (unpaired) electrons. The molecule has 0 amide bonds. The largest absolute Gasteiger partial charge is 0.0871 e. The topological polar surface area (TPSA) is 0 Å². The Morgan fingerprint density at radius 3 is 2.42 bits per heavy atom. The molecule has 64 valence electrons. The molecule has 0 heterocycles. The Hall–Kier alpha value is -1.04. The molecule has 1 aromatic carbocycles. The highest BCUT2D eigenvalue weighted by Gasteiger charge is 2.01. The van der Waals surface area contributed by atoms with Crippen LogP contribution in [0, 0.1) is 0 Å². The Morgan fingerprint density at radius 2 is 1.83 bits per heavy atom. The van der Waals surface area contributed by atoms with Crippen LogP contribution in [-0.2, 0) is 0 Å². The summed E-state index contributed by atoms with van der Waals surface area (Å²) in [5.41, 5.74) is 2.77. The van der Waals surface area contributed by atoms with Gasteiger partial charge in [0.15, 0.2) is 0 Å². The Balaban J connectivity index is 3.08. The Kier molecular flexibility index (Phi) is 3.09. The van der Waals surface area contributed by atoms with Crippen molar-refractivity contribution in [3.8, 4) is 0 Å². The molecule has 0 aromatic heterocycles. The molecule has 0 saturated heterocycles. The average molecular weight is 160 g/mol. The molecule has 12 heavy (non-hydrogen) atoms. The van der Waals surface area contributed by atoms with Gasteiger partial charge in [-0.15, -0.1) is 0 Å². The second-order valence-corrected chi connectivity index (χ2v) is 3.28. The monoisotopic (exact) mass is 160 g/mol. The molecule has 0 aliphatic carbocycles. The van der Waals surface area contributed by atoms with E-state index in [1.54, 1.807) is 0 Å². The molecule has 0 atom stereocenters. The standard InChI is InChI=1S/C12H16/c1-4-7-11-8-5-6-9-12(11)10(2)3/h4-10H,1-3H3/b7-4+. The minimum absolute atomic E-state index is 0.609. The molecule has 0 aliphatic rings. The molecule has 1 rings (SSSR count). The van der Waals surface area contributed by atoms with Crippen LogP contribution in [0.3, 0.4) is 0 Å². The fourth-order valence-electron chi connectivity index (χ4n) is 1.37. The lowest BCUT2D eigenvalue weighted by Gasteiger charge is -2.08. The second-order valence-electron chi connectivity index (χ2n) is 3.28. The van der Waals surface area contributed by atoms with Gasteiger partial charge in [-0.05, 0) is 24.0 Å². The summed E-state index contributed by atoms with van der Waals surface area (Å²) in [4.78, 5) is 0. The van der Waals surface area contributed by atoms with E-state index in [1.165, 1.54) is 11.1 Å². The van der Waals surface area contributed by atoms with E-state index in [9.17, 15) is 0 Å². The lowest BCUT2D eigenvalue weighted by atomic mass is 9.97. The first-order valence-corrected chi connectivity index (χ1v) is 4.47. The highest BCUT2D eigenvalue weighted by atomic mass is 14.1. The van der Waals surface area contributed by atoms with Gasteiger partial charge in [-0.2, -0.15) is 0 Å². The van der Waals surface area contributed by atoms with Crippen molar-refractivity contribution in [1.82, 2.24) is 0 Å². The lowest BCUT2D eigenvalue weighted by Crippen LogP contribution is -1.90. The van der Waals surface area contributed by atoms with Crippen LogP contribution in [0.1, 0.15) is 37.8 Å². The minimum atomic E-state index is 0.609. The number of rotatable bonds is 2. The van der Waals surface area contributed by atoms with Gasteiger partial charge in [0, 0.05) is 0 Å². The number of allylic oxidation sites excluding steroid dienone is 1. The van der Waals surface area contributed by atoms with Crippen molar-refractivity contribution in [1.29, 1.82) is 0 Å². The summed E-state index contributed by atoms with van der Waals surface area (Å²) in [5.74, 6) is 0.609. The van der Waals surface area contributed by atoms with Crippen LogP contribution in [-0.4, -0.2) is 0 Å². The fraction of sp³-hybridized carbons (Fsp3) is 0.333. The first-order valence-electron chi connectivity index (χ1n) is 4.47. The van der Waals surface area contributed by atoms with E-state index >= 15 is 0 Å². The maximum atomic E-state index is 2.22. The van der Waals surface area contributed by atoms with Crippen LogP contribution >= 0.6 is 0 Å². The van der Waals surface area contributed by atoms with Crippen LogP contribution in [0.4, 0.5) is 0 Å². The average Bonchev–Trinajstić information content (AvgIpc) is 2.05. The van der Waals surface area contributed by atoms with Gasteiger partial charge in [-0.3, -0.25) is 0 Å². The predicted molar refractivity (Wildman–Crippen MR) is 55.2 cm³/mol. The molecular weight excluding hydrogens is 144 g/mol. The number of hydrogen-bond donors (Lipinski definition) is 0.